The number of para-hydroxylation sites is 1. The lowest BCUT2D eigenvalue weighted by Crippen LogP contribution is -2.34. The maximum absolute atomic E-state index is 12.6. The van der Waals surface area contributed by atoms with E-state index in [0.29, 0.717) is 17.5 Å². The number of hydrogen-bond acceptors (Lipinski definition) is 3. The maximum Gasteiger partial charge on any atom is 0.253 e. The summed E-state index contributed by atoms with van der Waals surface area (Å²) in [7, 11) is 0. The number of carbonyl (C=O) groups is 1. The molecule has 0 unspecified atom stereocenters. The summed E-state index contributed by atoms with van der Waals surface area (Å²) in [4.78, 5) is 16.9. The summed E-state index contributed by atoms with van der Waals surface area (Å²) in [6, 6.07) is 18.6. The summed E-state index contributed by atoms with van der Waals surface area (Å²) in [5.41, 5.74) is 2.09. The fourth-order valence-electron chi connectivity index (χ4n) is 2.79. The zero-order chi connectivity index (χ0) is 16.9. The minimum atomic E-state index is -0.604. The summed E-state index contributed by atoms with van der Waals surface area (Å²) in [6.45, 7) is 1.89. The van der Waals surface area contributed by atoms with Crippen molar-refractivity contribution in [3.05, 3.63) is 78.0 Å². The Morgan fingerprint density at radius 3 is 2.62 bits per heavy atom. The minimum Gasteiger partial charge on any atom is -0.388 e. The largest absolute Gasteiger partial charge is 0.388 e. The number of pyridine rings is 1. The molecule has 1 amide bonds. The highest BCUT2D eigenvalue weighted by atomic mass is 16.3. The van der Waals surface area contributed by atoms with Gasteiger partial charge in [0, 0.05) is 17.6 Å². The number of amides is 1. The van der Waals surface area contributed by atoms with Gasteiger partial charge in [-0.2, -0.15) is 0 Å². The molecule has 4 heteroatoms. The molecule has 2 atom stereocenters. The summed E-state index contributed by atoms with van der Waals surface area (Å²) in [5, 5.41) is 14.2. The number of nitrogens with zero attached hydrogens (tertiary/aromatic N) is 1. The molecule has 0 saturated heterocycles. The van der Waals surface area contributed by atoms with Crippen LogP contribution in [0.2, 0.25) is 0 Å². The third kappa shape index (κ3) is 3.60. The standard InChI is InChI=1S/C20H20N2O2/c1-14(13-18(23)15-7-3-2-4-8-15)22-20(24)17-11-5-9-16-10-6-12-21-19(16)17/h2-12,14,18,23H,13H2,1H3,(H,22,24)/t14-,18+/m1/s1. The first-order valence-electron chi connectivity index (χ1n) is 8.03. The number of nitrogens with one attached hydrogen (secondary N) is 1. The predicted molar refractivity (Wildman–Crippen MR) is 94.7 cm³/mol. The smallest absolute Gasteiger partial charge is 0.253 e. The molecule has 1 aromatic heterocycles. The monoisotopic (exact) mass is 320 g/mol. The Balaban J connectivity index is 1.70. The normalized spacial score (nSPS) is 13.4. The van der Waals surface area contributed by atoms with Gasteiger partial charge in [0.2, 0.25) is 0 Å². The van der Waals surface area contributed by atoms with Gasteiger partial charge in [-0.25, -0.2) is 0 Å². The molecule has 0 aliphatic carbocycles. The van der Waals surface area contributed by atoms with Crippen molar-refractivity contribution >= 4 is 16.8 Å². The Bertz CT molecular complexity index is 828. The SMILES string of the molecule is C[C@H](C[C@H](O)c1ccccc1)NC(=O)c1cccc2cccnc12. The average molecular weight is 320 g/mol. The van der Waals surface area contributed by atoms with Crippen LogP contribution in [-0.2, 0) is 0 Å². The molecule has 0 saturated carbocycles. The Morgan fingerprint density at radius 2 is 1.83 bits per heavy atom. The van der Waals surface area contributed by atoms with Crippen LogP contribution in [0, 0.1) is 0 Å². The highest BCUT2D eigenvalue weighted by Crippen LogP contribution is 2.19. The van der Waals surface area contributed by atoms with Crippen LogP contribution in [0.15, 0.2) is 66.9 Å². The van der Waals surface area contributed by atoms with Gasteiger partial charge in [-0.3, -0.25) is 9.78 Å². The van der Waals surface area contributed by atoms with Crippen molar-refractivity contribution < 1.29 is 9.90 Å². The van der Waals surface area contributed by atoms with Crippen molar-refractivity contribution in [2.45, 2.75) is 25.5 Å². The number of aliphatic hydroxyl groups excluding tert-OH is 1. The summed E-state index contributed by atoms with van der Waals surface area (Å²) in [6.07, 6.45) is 1.53. The summed E-state index contributed by atoms with van der Waals surface area (Å²) >= 11 is 0. The first-order chi connectivity index (χ1) is 11.6. The van der Waals surface area contributed by atoms with Crippen molar-refractivity contribution in [1.29, 1.82) is 0 Å². The van der Waals surface area contributed by atoms with Crippen LogP contribution >= 0.6 is 0 Å². The number of aliphatic hydroxyl groups is 1. The number of aromatic nitrogens is 1. The van der Waals surface area contributed by atoms with E-state index in [9.17, 15) is 9.90 Å². The molecular weight excluding hydrogens is 300 g/mol. The van der Waals surface area contributed by atoms with E-state index in [0.717, 1.165) is 10.9 Å². The van der Waals surface area contributed by atoms with Gasteiger partial charge in [-0.15, -0.1) is 0 Å². The molecular formula is C20H20N2O2. The zero-order valence-corrected chi connectivity index (χ0v) is 13.5. The van der Waals surface area contributed by atoms with Crippen LogP contribution < -0.4 is 5.32 Å². The molecule has 3 aromatic rings. The van der Waals surface area contributed by atoms with Crippen LogP contribution in [0.3, 0.4) is 0 Å². The van der Waals surface area contributed by atoms with Crippen LogP contribution in [0.25, 0.3) is 10.9 Å². The Hall–Kier alpha value is -2.72. The fraction of sp³-hybridized carbons (Fsp3) is 0.200. The van der Waals surface area contributed by atoms with E-state index in [2.05, 4.69) is 10.3 Å². The van der Waals surface area contributed by atoms with Gasteiger partial charge in [0.05, 0.1) is 17.2 Å². The number of rotatable bonds is 5. The Kier molecular flexibility index (Phi) is 4.87. The molecule has 4 nitrogen and oxygen atoms in total. The van der Waals surface area contributed by atoms with E-state index in [1.165, 1.54) is 0 Å². The number of carbonyl (C=O) groups excluding carboxylic acids is 1. The van der Waals surface area contributed by atoms with Gasteiger partial charge in [0.15, 0.2) is 0 Å². The van der Waals surface area contributed by atoms with Crippen LogP contribution in [0.1, 0.15) is 35.4 Å². The number of hydrogen-bond donors (Lipinski definition) is 2. The van der Waals surface area contributed by atoms with E-state index in [1.54, 1.807) is 12.3 Å². The molecule has 0 fully saturated rings. The van der Waals surface area contributed by atoms with E-state index >= 15 is 0 Å². The van der Waals surface area contributed by atoms with E-state index < -0.39 is 6.10 Å². The molecule has 0 aliphatic rings. The van der Waals surface area contributed by atoms with Gasteiger partial charge in [0.25, 0.3) is 5.91 Å². The van der Waals surface area contributed by atoms with E-state index in [4.69, 9.17) is 0 Å². The second-order valence-electron chi connectivity index (χ2n) is 5.92. The fourth-order valence-corrected chi connectivity index (χ4v) is 2.79. The molecule has 122 valence electrons. The quantitative estimate of drug-likeness (QED) is 0.756. The molecule has 1 heterocycles. The summed E-state index contributed by atoms with van der Waals surface area (Å²) in [5.74, 6) is -0.174. The van der Waals surface area contributed by atoms with Crippen molar-refractivity contribution in [1.82, 2.24) is 10.3 Å². The van der Waals surface area contributed by atoms with Crippen molar-refractivity contribution in [2.75, 3.05) is 0 Å². The first-order valence-corrected chi connectivity index (χ1v) is 8.03. The maximum atomic E-state index is 12.6. The highest BCUT2D eigenvalue weighted by Gasteiger charge is 2.17. The van der Waals surface area contributed by atoms with Gasteiger partial charge in [0.1, 0.15) is 0 Å². The van der Waals surface area contributed by atoms with Crippen molar-refractivity contribution in [2.24, 2.45) is 0 Å². The van der Waals surface area contributed by atoms with Crippen LogP contribution in [0.5, 0.6) is 0 Å². The van der Waals surface area contributed by atoms with E-state index in [-0.39, 0.29) is 11.9 Å². The highest BCUT2D eigenvalue weighted by molar-refractivity contribution is 6.05. The number of benzene rings is 2. The Labute approximate surface area is 141 Å². The molecule has 24 heavy (non-hydrogen) atoms. The molecule has 0 aliphatic heterocycles. The lowest BCUT2D eigenvalue weighted by atomic mass is 10.0. The third-order valence-corrected chi connectivity index (χ3v) is 4.02. The van der Waals surface area contributed by atoms with Crippen LogP contribution in [-0.4, -0.2) is 22.0 Å². The molecule has 0 spiro atoms. The Morgan fingerprint density at radius 1 is 1.08 bits per heavy atom. The zero-order valence-electron chi connectivity index (χ0n) is 13.5. The summed E-state index contributed by atoms with van der Waals surface area (Å²) < 4.78 is 0. The van der Waals surface area contributed by atoms with Crippen molar-refractivity contribution in [3.63, 3.8) is 0 Å². The predicted octanol–water partition coefficient (Wildman–Crippen LogP) is 3.48. The molecule has 0 bridgehead atoms. The lowest BCUT2D eigenvalue weighted by molar-refractivity contribution is 0.0918. The van der Waals surface area contributed by atoms with E-state index in [1.807, 2.05) is 61.5 Å². The molecule has 0 radical (unpaired) electrons. The van der Waals surface area contributed by atoms with Gasteiger partial charge >= 0.3 is 0 Å². The lowest BCUT2D eigenvalue weighted by Gasteiger charge is -2.18. The second kappa shape index (κ2) is 7.23. The van der Waals surface area contributed by atoms with Crippen LogP contribution in [0.4, 0.5) is 0 Å². The molecule has 2 N–H and O–H groups in total. The van der Waals surface area contributed by atoms with Gasteiger partial charge < -0.3 is 10.4 Å². The molecule has 2 aromatic carbocycles. The topological polar surface area (TPSA) is 62.2 Å². The second-order valence-corrected chi connectivity index (χ2v) is 5.92. The van der Waals surface area contributed by atoms with Gasteiger partial charge in [-0.05, 0) is 31.0 Å². The molecule has 3 rings (SSSR count). The van der Waals surface area contributed by atoms with Gasteiger partial charge in [-0.1, -0.05) is 48.5 Å². The average Bonchev–Trinajstić information content (AvgIpc) is 2.61. The number of fused-ring (bicyclic) bond motifs is 1. The third-order valence-electron chi connectivity index (χ3n) is 4.02. The van der Waals surface area contributed by atoms with Crippen molar-refractivity contribution in [3.8, 4) is 0 Å². The minimum absolute atomic E-state index is 0.160. The first kappa shape index (κ1) is 16.1.